The monoisotopic (exact) mass is 355 g/mol. The Morgan fingerprint density at radius 2 is 2.27 bits per heavy atom. The number of rotatable bonds is 5. The Morgan fingerprint density at radius 1 is 1.35 bits per heavy atom. The number of aryl methyl sites for hydroxylation is 1. The van der Waals surface area contributed by atoms with E-state index in [0.29, 0.717) is 38.0 Å². The van der Waals surface area contributed by atoms with Crippen LogP contribution in [-0.2, 0) is 16.1 Å². The van der Waals surface area contributed by atoms with Crippen LogP contribution in [0.5, 0.6) is 0 Å². The number of hydrogen-bond donors (Lipinski definition) is 1. The van der Waals surface area contributed by atoms with Crippen molar-refractivity contribution < 1.29 is 14.3 Å². The fourth-order valence-electron chi connectivity index (χ4n) is 4.07. The molecule has 2 aromatic rings. The summed E-state index contributed by atoms with van der Waals surface area (Å²) < 4.78 is 11.8. The van der Waals surface area contributed by atoms with E-state index in [4.69, 9.17) is 9.47 Å². The zero-order valence-electron chi connectivity index (χ0n) is 15.1. The fourth-order valence-corrected chi connectivity index (χ4v) is 4.07. The van der Waals surface area contributed by atoms with Gasteiger partial charge >= 0.3 is 0 Å². The van der Waals surface area contributed by atoms with E-state index in [-0.39, 0.29) is 18.1 Å². The number of fused-ring (bicyclic) bond motifs is 1. The van der Waals surface area contributed by atoms with Gasteiger partial charge in [-0.1, -0.05) is 6.07 Å². The number of ether oxygens (including phenoxy) is 2. The van der Waals surface area contributed by atoms with Gasteiger partial charge in [-0.05, 0) is 49.9 Å². The highest BCUT2D eigenvalue weighted by Crippen LogP contribution is 2.35. The first-order chi connectivity index (χ1) is 12.7. The van der Waals surface area contributed by atoms with Crippen molar-refractivity contribution in [1.29, 1.82) is 0 Å². The quantitative estimate of drug-likeness (QED) is 0.895. The number of H-pyrrole nitrogens is 1. The van der Waals surface area contributed by atoms with Crippen LogP contribution in [0.1, 0.15) is 34.7 Å². The van der Waals surface area contributed by atoms with E-state index in [9.17, 15) is 4.79 Å². The lowest BCUT2D eigenvalue weighted by molar-refractivity contribution is -0.0452. The minimum absolute atomic E-state index is 0.0684. The van der Waals surface area contributed by atoms with Gasteiger partial charge in [-0.25, -0.2) is 0 Å². The molecule has 1 saturated heterocycles. The second kappa shape index (κ2) is 7.60. The Labute approximate surface area is 153 Å². The second-order valence-electron chi connectivity index (χ2n) is 7.18. The molecule has 1 N–H and O–H groups in total. The van der Waals surface area contributed by atoms with Crippen LogP contribution in [0.4, 0.5) is 0 Å². The van der Waals surface area contributed by atoms with Crippen LogP contribution in [0.2, 0.25) is 0 Å². The van der Waals surface area contributed by atoms with E-state index >= 15 is 0 Å². The van der Waals surface area contributed by atoms with Crippen LogP contribution in [0.3, 0.4) is 0 Å². The lowest BCUT2D eigenvalue weighted by atomic mass is 10.1. The molecule has 1 aliphatic carbocycles. The van der Waals surface area contributed by atoms with Gasteiger partial charge in [0.2, 0.25) is 0 Å². The molecule has 6 nitrogen and oxygen atoms in total. The van der Waals surface area contributed by atoms with Crippen LogP contribution in [0, 0.1) is 12.8 Å². The van der Waals surface area contributed by atoms with Crippen LogP contribution in [-0.4, -0.2) is 52.7 Å². The molecule has 26 heavy (non-hydrogen) atoms. The molecule has 2 aromatic heterocycles. The van der Waals surface area contributed by atoms with Crippen molar-refractivity contribution in [3.63, 3.8) is 0 Å². The number of nitrogens with one attached hydrogen (secondary N) is 1. The molecule has 1 aliphatic heterocycles. The van der Waals surface area contributed by atoms with Gasteiger partial charge < -0.3 is 19.4 Å². The van der Waals surface area contributed by atoms with E-state index in [1.807, 2.05) is 42.2 Å². The van der Waals surface area contributed by atoms with E-state index in [1.54, 1.807) is 6.20 Å². The first kappa shape index (κ1) is 17.2. The summed E-state index contributed by atoms with van der Waals surface area (Å²) in [5, 5.41) is 0. The Bertz CT molecular complexity index is 747. The zero-order chi connectivity index (χ0) is 17.9. The number of carbonyl (C=O) groups excluding carboxylic acids is 1. The molecule has 3 heterocycles. The molecule has 2 fully saturated rings. The average Bonchev–Trinajstić information content (AvgIpc) is 3.30. The average molecular weight is 355 g/mol. The Hall–Kier alpha value is -2.18. The molecule has 3 atom stereocenters. The highest BCUT2D eigenvalue weighted by molar-refractivity contribution is 5.92. The molecule has 0 bridgehead atoms. The van der Waals surface area contributed by atoms with Crippen LogP contribution < -0.4 is 0 Å². The Morgan fingerprint density at radius 3 is 3.08 bits per heavy atom. The predicted molar refractivity (Wildman–Crippen MR) is 96.7 cm³/mol. The maximum absolute atomic E-state index is 12.7. The summed E-state index contributed by atoms with van der Waals surface area (Å²) in [5.74, 6) is 0.477. The van der Waals surface area contributed by atoms with E-state index in [0.717, 1.165) is 24.2 Å². The topological polar surface area (TPSA) is 67.5 Å². The van der Waals surface area contributed by atoms with Gasteiger partial charge in [0.1, 0.15) is 5.69 Å². The lowest BCUT2D eigenvalue weighted by Gasteiger charge is -2.37. The zero-order valence-corrected chi connectivity index (χ0v) is 15.1. The highest BCUT2D eigenvalue weighted by atomic mass is 16.5. The normalized spacial score (nSPS) is 25.3. The largest absolute Gasteiger partial charge is 0.375 e. The molecule has 1 amide bonds. The number of aromatic amines is 1. The van der Waals surface area contributed by atoms with Gasteiger partial charge in [-0.3, -0.25) is 9.78 Å². The minimum atomic E-state index is 0.0684. The summed E-state index contributed by atoms with van der Waals surface area (Å²) in [4.78, 5) is 22.2. The summed E-state index contributed by atoms with van der Waals surface area (Å²) in [6, 6.07) is 9.81. The molecule has 6 heteroatoms. The van der Waals surface area contributed by atoms with Gasteiger partial charge in [-0.2, -0.15) is 0 Å². The molecular weight excluding hydrogens is 330 g/mol. The summed E-state index contributed by atoms with van der Waals surface area (Å²) >= 11 is 0. The number of aromatic nitrogens is 2. The van der Waals surface area contributed by atoms with Crippen LogP contribution in [0.15, 0.2) is 36.5 Å². The van der Waals surface area contributed by atoms with Gasteiger partial charge in [0.25, 0.3) is 5.91 Å². The van der Waals surface area contributed by atoms with E-state index in [2.05, 4.69) is 9.97 Å². The Kier molecular flexibility index (Phi) is 5.04. The van der Waals surface area contributed by atoms with Gasteiger partial charge in [0, 0.05) is 18.4 Å². The van der Waals surface area contributed by atoms with Crippen molar-refractivity contribution in [3.05, 3.63) is 53.6 Å². The summed E-state index contributed by atoms with van der Waals surface area (Å²) in [5.41, 5.74) is 2.61. The molecule has 1 saturated carbocycles. The van der Waals surface area contributed by atoms with Crippen molar-refractivity contribution in [2.75, 3.05) is 19.8 Å². The summed E-state index contributed by atoms with van der Waals surface area (Å²) in [6.07, 6.45) is 3.78. The third-order valence-electron chi connectivity index (χ3n) is 5.27. The lowest BCUT2D eigenvalue weighted by Crippen LogP contribution is -2.51. The molecule has 0 spiro atoms. The number of nitrogens with zero attached hydrogens (tertiary/aromatic N) is 2. The number of morpholine rings is 1. The molecule has 4 rings (SSSR count). The number of carbonyl (C=O) groups is 1. The Balaban J connectivity index is 1.33. The first-order valence-electron chi connectivity index (χ1n) is 9.27. The third-order valence-corrected chi connectivity index (χ3v) is 5.27. The molecule has 0 radical (unpaired) electrons. The number of hydrogen-bond acceptors (Lipinski definition) is 4. The maximum atomic E-state index is 12.7. The predicted octanol–water partition coefficient (Wildman–Crippen LogP) is 2.55. The molecule has 2 aliphatic rings. The third kappa shape index (κ3) is 3.66. The molecule has 0 unspecified atom stereocenters. The molecule has 138 valence electrons. The standard InChI is InChI=1S/C20H25N3O3/c1-14-4-2-5-16(22-14)13-25-12-15-10-18-19(11-15)26-9-8-23(18)20(24)17-6-3-7-21-17/h2-7,15,18-19,21H,8-13H2,1H3/t15-,18-,19+/m0/s1. The van der Waals surface area contributed by atoms with Crippen LogP contribution >= 0.6 is 0 Å². The fraction of sp³-hybridized carbons (Fsp3) is 0.500. The van der Waals surface area contributed by atoms with Gasteiger partial charge in [0.15, 0.2) is 0 Å². The maximum Gasteiger partial charge on any atom is 0.270 e. The van der Waals surface area contributed by atoms with Gasteiger partial charge in [-0.15, -0.1) is 0 Å². The number of pyridine rings is 1. The minimum Gasteiger partial charge on any atom is -0.375 e. The summed E-state index contributed by atoms with van der Waals surface area (Å²) in [7, 11) is 0. The smallest absolute Gasteiger partial charge is 0.270 e. The van der Waals surface area contributed by atoms with Crippen molar-refractivity contribution >= 4 is 5.91 Å². The van der Waals surface area contributed by atoms with E-state index in [1.165, 1.54) is 0 Å². The van der Waals surface area contributed by atoms with Crippen molar-refractivity contribution in [3.8, 4) is 0 Å². The SMILES string of the molecule is Cc1cccc(COC[C@@H]2C[C@H]3OCCN(C(=O)c4ccc[nH]4)[C@H]3C2)n1. The molecule has 0 aromatic carbocycles. The van der Waals surface area contributed by atoms with Crippen molar-refractivity contribution in [2.24, 2.45) is 5.92 Å². The highest BCUT2D eigenvalue weighted by Gasteiger charge is 2.43. The van der Waals surface area contributed by atoms with Crippen LogP contribution in [0.25, 0.3) is 0 Å². The van der Waals surface area contributed by atoms with Gasteiger partial charge in [0.05, 0.1) is 37.7 Å². The van der Waals surface area contributed by atoms with Crippen molar-refractivity contribution in [2.45, 2.75) is 38.5 Å². The van der Waals surface area contributed by atoms with Crippen molar-refractivity contribution in [1.82, 2.24) is 14.9 Å². The van der Waals surface area contributed by atoms with E-state index < -0.39 is 0 Å². The number of amides is 1. The second-order valence-corrected chi connectivity index (χ2v) is 7.18. The first-order valence-corrected chi connectivity index (χ1v) is 9.27. The molecular formula is C20H25N3O3. The summed E-state index contributed by atoms with van der Waals surface area (Å²) in [6.45, 7) is 4.45.